The van der Waals surface area contributed by atoms with E-state index in [1.54, 1.807) is 32.3 Å². The molecule has 0 heterocycles. The Morgan fingerprint density at radius 1 is 1.30 bits per heavy atom. The van der Waals surface area contributed by atoms with Gasteiger partial charge in [-0.15, -0.1) is 0 Å². The lowest BCUT2D eigenvalue weighted by Gasteiger charge is -2.19. The van der Waals surface area contributed by atoms with E-state index >= 15 is 0 Å². The molecule has 0 atom stereocenters. The average molecular weight is 295 g/mol. The summed E-state index contributed by atoms with van der Waals surface area (Å²) in [7, 11) is 0.913. The highest BCUT2D eigenvalue weighted by Crippen LogP contribution is 2.11. The van der Waals surface area contributed by atoms with Gasteiger partial charge in [-0.25, -0.2) is 8.42 Å². The van der Waals surface area contributed by atoms with Crippen molar-refractivity contribution in [2.75, 3.05) is 27.7 Å². The van der Waals surface area contributed by atoms with Gasteiger partial charge in [0.1, 0.15) is 0 Å². The maximum atomic E-state index is 12.1. The molecule has 20 heavy (non-hydrogen) atoms. The van der Waals surface area contributed by atoms with Gasteiger partial charge in [0.15, 0.2) is 0 Å². The van der Waals surface area contributed by atoms with E-state index in [4.69, 9.17) is 5.26 Å². The van der Waals surface area contributed by atoms with Gasteiger partial charge >= 0.3 is 0 Å². The molecule has 0 aromatic heterocycles. The van der Waals surface area contributed by atoms with E-state index in [0.717, 1.165) is 4.31 Å². The number of likely N-dealkylation sites (N-methyl/N-ethyl adjacent to an activating group) is 2. The Morgan fingerprint density at radius 2 is 1.95 bits per heavy atom. The van der Waals surface area contributed by atoms with Crippen LogP contribution in [-0.4, -0.2) is 51.2 Å². The Morgan fingerprint density at radius 3 is 2.50 bits per heavy atom. The van der Waals surface area contributed by atoms with Crippen LogP contribution < -0.4 is 0 Å². The van der Waals surface area contributed by atoms with Gasteiger partial charge in [0.05, 0.1) is 23.9 Å². The third-order valence-electron chi connectivity index (χ3n) is 2.74. The highest BCUT2D eigenvalue weighted by molar-refractivity contribution is 7.88. The summed E-state index contributed by atoms with van der Waals surface area (Å²) in [4.78, 5) is 12.9. The van der Waals surface area contributed by atoms with Crippen LogP contribution in [0.3, 0.4) is 0 Å². The molecule has 6 nitrogen and oxygen atoms in total. The molecule has 0 radical (unpaired) electrons. The van der Waals surface area contributed by atoms with Crippen molar-refractivity contribution in [3.8, 4) is 6.07 Å². The standard InChI is InChI=1S/C13H17N3O3S/c1-15(2)13(17)9-16(3)20(18,19)10-12-6-4-5-11(7-12)8-14/h4-7H,9-10H2,1-3H3. The number of hydrogen-bond acceptors (Lipinski definition) is 4. The van der Waals surface area contributed by atoms with Gasteiger partial charge in [0.25, 0.3) is 0 Å². The van der Waals surface area contributed by atoms with Crippen LogP contribution in [0.5, 0.6) is 0 Å². The molecule has 1 amide bonds. The minimum Gasteiger partial charge on any atom is -0.348 e. The molecule has 0 N–H and O–H groups in total. The normalized spacial score (nSPS) is 11.2. The highest BCUT2D eigenvalue weighted by atomic mass is 32.2. The Balaban J connectivity index is 2.84. The molecule has 1 rings (SSSR count). The van der Waals surface area contributed by atoms with Crippen LogP contribution in [0.2, 0.25) is 0 Å². The van der Waals surface area contributed by atoms with Gasteiger partial charge < -0.3 is 4.90 Å². The largest absolute Gasteiger partial charge is 0.348 e. The summed E-state index contributed by atoms with van der Waals surface area (Å²) in [6.45, 7) is -0.201. The van der Waals surface area contributed by atoms with E-state index in [-0.39, 0.29) is 18.2 Å². The minimum atomic E-state index is -3.59. The first kappa shape index (κ1) is 16.1. The van der Waals surface area contributed by atoms with Gasteiger partial charge in [-0.05, 0) is 17.7 Å². The SMILES string of the molecule is CN(C)C(=O)CN(C)S(=O)(=O)Cc1cccc(C#N)c1. The summed E-state index contributed by atoms with van der Waals surface area (Å²) in [5, 5.41) is 8.79. The smallest absolute Gasteiger partial charge is 0.237 e. The van der Waals surface area contributed by atoms with Crippen molar-refractivity contribution in [2.45, 2.75) is 5.75 Å². The van der Waals surface area contributed by atoms with Crippen molar-refractivity contribution < 1.29 is 13.2 Å². The predicted molar refractivity (Wildman–Crippen MR) is 75.1 cm³/mol. The lowest BCUT2D eigenvalue weighted by atomic mass is 10.2. The van der Waals surface area contributed by atoms with Crippen molar-refractivity contribution in [1.29, 1.82) is 5.26 Å². The second-order valence-electron chi connectivity index (χ2n) is 4.61. The first-order valence-corrected chi connectivity index (χ1v) is 7.50. The average Bonchev–Trinajstić information content (AvgIpc) is 2.38. The Kier molecular flexibility index (Phi) is 5.25. The summed E-state index contributed by atoms with van der Waals surface area (Å²) in [5.41, 5.74) is 0.929. The molecule has 0 spiro atoms. The predicted octanol–water partition coefficient (Wildman–Crippen LogP) is 0.408. The first-order valence-electron chi connectivity index (χ1n) is 5.89. The molecular formula is C13H17N3O3S. The van der Waals surface area contributed by atoms with Gasteiger partial charge in [0, 0.05) is 21.1 Å². The molecule has 1 aromatic carbocycles. The van der Waals surface area contributed by atoms with E-state index in [2.05, 4.69) is 0 Å². The van der Waals surface area contributed by atoms with Crippen LogP contribution in [0.25, 0.3) is 0 Å². The lowest BCUT2D eigenvalue weighted by Crippen LogP contribution is -2.38. The van der Waals surface area contributed by atoms with E-state index < -0.39 is 10.0 Å². The highest BCUT2D eigenvalue weighted by Gasteiger charge is 2.21. The van der Waals surface area contributed by atoms with Crippen molar-refractivity contribution in [2.24, 2.45) is 0 Å². The van der Waals surface area contributed by atoms with Crippen LogP contribution in [0, 0.1) is 11.3 Å². The first-order chi connectivity index (χ1) is 9.26. The molecule has 7 heteroatoms. The maximum Gasteiger partial charge on any atom is 0.237 e. The van der Waals surface area contributed by atoms with Crippen LogP contribution in [0.15, 0.2) is 24.3 Å². The zero-order valence-corrected chi connectivity index (χ0v) is 12.5. The molecule has 0 saturated carbocycles. The monoisotopic (exact) mass is 295 g/mol. The van der Waals surface area contributed by atoms with E-state index in [1.165, 1.54) is 18.0 Å². The summed E-state index contributed by atoms with van der Waals surface area (Å²) >= 11 is 0. The number of sulfonamides is 1. The fourth-order valence-corrected chi connectivity index (χ4v) is 2.61. The van der Waals surface area contributed by atoms with E-state index in [0.29, 0.717) is 11.1 Å². The van der Waals surface area contributed by atoms with Crippen molar-refractivity contribution >= 4 is 15.9 Å². The fraction of sp³-hybridized carbons (Fsp3) is 0.385. The maximum absolute atomic E-state index is 12.1. The topological polar surface area (TPSA) is 81.5 Å². The minimum absolute atomic E-state index is 0.201. The number of benzene rings is 1. The van der Waals surface area contributed by atoms with Crippen LogP contribution >= 0.6 is 0 Å². The lowest BCUT2D eigenvalue weighted by molar-refractivity contribution is -0.128. The molecule has 0 aliphatic rings. The Labute approximate surface area is 119 Å². The summed E-state index contributed by atoms with van der Waals surface area (Å²) < 4.78 is 25.3. The molecule has 0 aliphatic heterocycles. The Bertz CT molecular complexity index is 633. The van der Waals surface area contributed by atoms with Crippen molar-refractivity contribution in [3.05, 3.63) is 35.4 Å². The summed E-state index contributed by atoms with van der Waals surface area (Å²) in [5.74, 6) is -0.526. The zero-order chi connectivity index (χ0) is 15.3. The number of rotatable bonds is 5. The van der Waals surface area contributed by atoms with E-state index in [9.17, 15) is 13.2 Å². The molecule has 1 aromatic rings. The molecule has 0 saturated heterocycles. The Hall–Kier alpha value is -1.91. The number of nitriles is 1. The number of carbonyl (C=O) groups is 1. The summed E-state index contributed by atoms with van der Waals surface area (Å²) in [6.07, 6.45) is 0. The number of carbonyl (C=O) groups excluding carboxylic acids is 1. The van der Waals surface area contributed by atoms with Gasteiger partial charge in [-0.1, -0.05) is 12.1 Å². The van der Waals surface area contributed by atoms with Gasteiger partial charge in [0.2, 0.25) is 15.9 Å². The van der Waals surface area contributed by atoms with Crippen LogP contribution in [-0.2, 0) is 20.6 Å². The third kappa shape index (κ3) is 4.33. The molecule has 0 unspecified atom stereocenters. The second kappa shape index (κ2) is 6.50. The molecule has 0 aliphatic carbocycles. The number of nitrogens with zero attached hydrogens (tertiary/aromatic N) is 3. The molecule has 0 fully saturated rings. The second-order valence-corrected chi connectivity index (χ2v) is 6.69. The van der Waals surface area contributed by atoms with E-state index in [1.807, 2.05) is 6.07 Å². The number of amides is 1. The quantitative estimate of drug-likeness (QED) is 0.788. The van der Waals surface area contributed by atoms with Crippen molar-refractivity contribution in [1.82, 2.24) is 9.21 Å². The summed E-state index contributed by atoms with van der Waals surface area (Å²) in [6, 6.07) is 8.37. The van der Waals surface area contributed by atoms with Crippen LogP contribution in [0.1, 0.15) is 11.1 Å². The zero-order valence-electron chi connectivity index (χ0n) is 11.7. The fourth-order valence-electron chi connectivity index (χ4n) is 1.48. The molecular weight excluding hydrogens is 278 g/mol. The third-order valence-corrected chi connectivity index (χ3v) is 4.51. The van der Waals surface area contributed by atoms with Crippen molar-refractivity contribution in [3.63, 3.8) is 0 Å². The van der Waals surface area contributed by atoms with Gasteiger partial charge in [-0.2, -0.15) is 9.57 Å². The number of hydrogen-bond donors (Lipinski definition) is 0. The van der Waals surface area contributed by atoms with Crippen LogP contribution in [0.4, 0.5) is 0 Å². The van der Waals surface area contributed by atoms with Gasteiger partial charge in [-0.3, -0.25) is 4.79 Å². The molecule has 108 valence electrons. The molecule has 0 bridgehead atoms.